The zero-order valence-electron chi connectivity index (χ0n) is 15.5. The number of aromatic nitrogens is 3. The van der Waals surface area contributed by atoms with Gasteiger partial charge in [-0.15, -0.1) is 11.3 Å². The lowest BCUT2D eigenvalue weighted by Crippen LogP contribution is -2.30. The lowest BCUT2D eigenvalue weighted by molar-refractivity contribution is -0.117. The molecule has 26 heavy (non-hydrogen) atoms. The van der Waals surface area contributed by atoms with Crippen LogP contribution in [-0.4, -0.2) is 39.2 Å². The van der Waals surface area contributed by atoms with Gasteiger partial charge in [0.1, 0.15) is 0 Å². The van der Waals surface area contributed by atoms with Crippen LogP contribution in [0.3, 0.4) is 0 Å². The first-order valence-corrected chi connectivity index (χ1v) is 9.30. The van der Waals surface area contributed by atoms with Gasteiger partial charge in [0, 0.05) is 35.8 Å². The highest BCUT2D eigenvalue weighted by molar-refractivity contribution is 7.14. The zero-order chi connectivity index (χ0) is 18.7. The number of likely N-dealkylation sites (N-methyl/N-ethyl adjacent to an activating group) is 1. The van der Waals surface area contributed by atoms with Crippen LogP contribution in [0.5, 0.6) is 0 Å². The molecule has 6 nitrogen and oxygen atoms in total. The summed E-state index contributed by atoms with van der Waals surface area (Å²) in [6.07, 6.45) is 0. The van der Waals surface area contributed by atoms with E-state index in [0.29, 0.717) is 18.2 Å². The van der Waals surface area contributed by atoms with E-state index in [4.69, 9.17) is 0 Å². The molecule has 2 aromatic heterocycles. The molecule has 0 aliphatic rings. The number of carbonyl (C=O) groups is 1. The third-order valence-corrected chi connectivity index (χ3v) is 5.08. The Morgan fingerprint density at radius 2 is 2.00 bits per heavy atom. The molecule has 136 valence electrons. The summed E-state index contributed by atoms with van der Waals surface area (Å²) in [5, 5.41) is 9.89. The minimum absolute atomic E-state index is 0.0688. The van der Waals surface area contributed by atoms with Crippen molar-refractivity contribution < 1.29 is 4.79 Å². The Bertz CT molecular complexity index is 900. The molecule has 1 N–H and O–H groups in total. The lowest BCUT2D eigenvalue weighted by atomic mass is 10.2. The predicted molar refractivity (Wildman–Crippen MR) is 105 cm³/mol. The minimum Gasteiger partial charge on any atom is -0.301 e. The molecular weight excluding hydrogens is 346 g/mol. The molecule has 0 aliphatic heterocycles. The number of aryl methyl sites for hydroxylation is 2. The van der Waals surface area contributed by atoms with E-state index in [2.05, 4.69) is 15.4 Å². The standard InChI is InChI=1S/C19H23N5OS/c1-13-16(14(2)24(4)22-13)10-23(3)11-18(25)21-19-20-17(12-26-19)15-8-6-5-7-9-15/h5-9,12H,10-11H2,1-4H3,(H,20,21,25). The van der Waals surface area contributed by atoms with E-state index in [-0.39, 0.29) is 5.91 Å². The number of carbonyl (C=O) groups excluding carboxylic acids is 1. The van der Waals surface area contributed by atoms with Crippen LogP contribution in [0, 0.1) is 13.8 Å². The smallest absolute Gasteiger partial charge is 0.240 e. The van der Waals surface area contributed by atoms with Gasteiger partial charge in [-0.1, -0.05) is 30.3 Å². The number of anilines is 1. The van der Waals surface area contributed by atoms with Gasteiger partial charge >= 0.3 is 0 Å². The number of rotatable bonds is 6. The van der Waals surface area contributed by atoms with Crippen molar-refractivity contribution in [3.05, 3.63) is 52.7 Å². The normalized spacial score (nSPS) is 11.1. The number of benzene rings is 1. The topological polar surface area (TPSA) is 63.1 Å². The number of thiazole rings is 1. The van der Waals surface area contributed by atoms with E-state index in [1.54, 1.807) is 0 Å². The van der Waals surface area contributed by atoms with Crippen LogP contribution in [0.15, 0.2) is 35.7 Å². The Morgan fingerprint density at radius 3 is 2.65 bits per heavy atom. The molecule has 0 saturated carbocycles. The third-order valence-electron chi connectivity index (χ3n) is 4.32. The van der Waals surface area contributed by atoms with Gasteiger partial charge in [0.15, 0.2) is 5.13 Å². The van der Waals surface area contributed by atoms with Gasteiger partial charge in [-0.05, 0) is 20.9 Å². The summed E-state index contributed by atoms with van der Waals surface area (Å²) in [5.41, 5.74) is 5.22. The maximum atomic E-state index is 12.3. The number of amides is 1. The van der Waals surface area contributed by atoms with Crippen LogP contribution in [0.25, 0.3) is 11.3 Å². The van der Waals surface area contributed by atoms with Gasteiger partial charge in [0.2, 0.25) is 5.91 Å². The largest absolute Gasteiger partial charge is 0.301 e. The molecule has 0 bridgehead atoms. The SMILES string of the molecule is Cc1nn(C)c(C)c1CN(C)CC(=O)Nc1nc(-c2ccccc2)cs1. The molecule has 0 fully saturated rings. The second kappa shape index (κ2) is 7.80. The number of nitrogens with zero attached hydrogens (tertiary/aromatic N) is 4. The highest BCUT2D eigenvalue weighted by Crippen LogP contribution is 2.24. The molecule has 0 unspecified atom stereocenters. The summed E-state index contributed by atoms with van der Waals surface area (Å²) >= 11 is 1.44. The van der Waals surface area contributed by atoms with Crippen molar-refractivity contribution in [3.8, 4) is 11.3 Å². The van der Waals surface area contributed by atoms with Gasteiger partial charge in [-0.3, -0.25) is 14.4 Å². The van der Waals surface area contributed by atoms with Gasteiger partial charge in [0.05, 0.1) is 17.9 Å². The monoisotopic (exact) mass is 369 g/mol. The Labute approximate surface area is 157 Å². The molecule has 3 aromatic rings. The molecule has 2 heterocycles. The molecule has 7 heteroatoms. The van der Waals surface area contributed by atoms with Gasteiger partial charge in [0.25, 0.3) is 0 Å². The van der Waals surface area contributed by atoms with Crippen LogP contribution in [0.2, 0.25) is 0 Å². The van der Waals surface area contributed by atoms with Gasteiger partial charge in [-0.25, -0.2) is 4.98 Å². The van der Waals surface area contributed by atoms with Crippen molar-refractivity contribution in [2.75, 3.05) is 18.9 Å². The summed E-state index contributed by atoms with van der Waals surface area (Å²) in [6, 6.07) is 9.94. The first-order valence-electron chi connectivity index (χ1n) is 8.42. The van der Waals surface area contributed by atoms with E-state index in [9.17, 15) is 4.79 Å². The fourth-order valence-corrected chi connectivity index (χ4v) is 3.58. The number of hydrogen-bond donors (Lipinski definition) is 1. The van der Waals surface area contributed by atoms with E-state index in [1.165, 1.54) is 16.9 Å². The van der Waals surface area contributed by atoms with Crippen molar-refractivity contribution in [1.82, 2.24) is 19.7 Å². The van der Waals surface area contributed by atoms with Crippen LogP contribution < -0.4 is 5.32 Å². The van der Waals surface area contributed by atoms with Crippen LogP contribution in [0.1, 0.15) is 17.0 Å². The summed E-state index contributed by atoms with van der Waals surface area (Å²) in [6.45, 7) is 5.03. The fourth-order valence-electron chi connectivity index (χ4n) is 2.85. The first kappa shape index (κ1) is 18.3. The molecule has 0 saturated heterocycles. The molecular formula is C19H23N5OS. The van der Waals surface area contributed by atoms with Gasteiger partial charge < -0.3 is 5.32 Å². The third kappa shape index (κ3) is 4.17. The van der Waals surface area contributed by atoms with Crippen LogP contribution in [0.4, 0.5) is 5.13 Å². The van der Waals surface area contributed by atoms with E-state index in [0.717, 1.165) is 22.6 Å². The van der Waals surface area contributed by atoms with E-state index >= 15 is 0 Å². The maximum Gasteiger partial charge on any atom is 0.240 e. The first-order chi connectivity index (χ1) is 12.4. The van der Waals surface area contributed by atoms with Crippen LogP contribution >= 0.6 is 11.3 Å². The van der Waals surface area contributed by atoms with Crippen molar-refractivity contribution in [1.29, 1.82) is 0 Å². The average Bonchev–Trinajstić information content (AvgIpc) is 3.16. The van der Waals surface area contributed by atoms with Crippen molar-refractivity contribution in [3.63, 3.8) is 0 Å². The molecule has 0 radical (unpaired) electrons. The van der Waals surface area contributed by atoms with Gasteiger partial charge in [-0.2, -0.15) is 5.10 Å². The van der Waals surface area contributed by atoms with E-state index in [1.807, 2.05) is 73.2 Å². The Balaban J connectivity index is 1.58. The van der Waals surface area contributed by atoms with Crippen LogP contribution in [-0.2, 0) is 18.4 Å². The summed E-state index contributed by atoms with van der Waals surface area (Å²) in [5.74, 6) is -0.0688. The summed E-state index contributed by atoms with van der Waals surface area (Å²) in [4.78, 5) is 18.8. The fraction of sp³-hybridized carbons (Fsp3) is 0.316. The zero-order valence-corrected chi connectivity index (χ0v) is 16.3. The molecule has 0 atom stereocenters. The summed E-state index contributed by atoms with van der Waals surface area (Å²) < 4.78 is 1.87. The molecule has 0 spiro atoms. The Kier molecular flexibility index (Phi) is 5.49. The van der Waals surface area contributed by atoms with Crippen molar-refractivity contribution in [2.24, 2.45) is 7.05 Å². The quantitative estimate of drug-likeness (QED) is 0.725. The maximum absolute atomic E-state index is 12.3. The van der Waals surface area contributed by atoms with Crippen molar-refractivity contribution >= 4 is 22.4 Å². The number of nitrogens with one attached hydrogen (secondary N) is 1. The average molecular weight is 369 g/mol. The molecule has 0 aliphatic carbocycles. The predicted octanol–water partition coefficient (Wildman–Crippen LogP) is 3.23. The Morgan fingerprint density at radius 1 is 1.27 bits per heavy atom. The van der Waals surface area contributed by atoms with E-state index < -0.39 is 0 Å². The van der Waals surface area contributed by atoms with Crippen molar-refractivity contribution in [2.45, 2.75) is 20.4 Å². The molecule has 1 aromatic carbocycles. The minimum atomic E-state index is -0.0688. The number of hydrogen-bond acceptors (Lipinski definition) is 5. The Hall–Kier alpha value is -2.51. The highest BCUT2D eigenvalue weighted by atomic mass is 32.1. The molecule has 3 rings (SSSR count). The highest BCUT2D eigenvalue weighted by Gasteiger charge is 2.14. The summed E-state index contributed by atoms with van der Waals surface area (Å²) in [7, 11) is 3.87. The molecule has 1 amide bonds. The second-order valence-corrected chi connectivity index (χ2v) is 7.26. The lowest BCUT2D eigenvalue weighted by Gasteiger charge is -2.16. The second-order valence-electron chi connectivity index (χ2n) is 6.40.